The molecule has 8 nitrogen and oxygen atoms in total. The minimum Gasteiger partial charge on any atom is -0.481 e. The van der Waals surface area contributed by atoms with Gasteiger partial charge in [0, 0.05) is 23.9 Å². The maximum Gasteiger partial charge on any atom is 0.312 e. The first kappa shape index (κ1) is 17.3. The molecule has 0 radical (unpaired) electrons. The maximum atomic E-state index is 15.0. The van der Waals surface area contributed by atoms with Crippen LogP contribution in [0.4, 0.5) is 4.39 Å². The first-order valence-corrected chi connectivity index (χ1v) is 8.99. The number of hydrogen-bond acceptors (Lipinski definition) is 7. The second-order valence-corrected chi connectivity index (χ2v) is 6.89. The highest BCUT2D eigenvalue weighted by atomic mass is 32.1. The van der Waals surface area contributed by atoms with Gasteiger partial charge in [-0.1, -0.05) is 0 Å². The van der Waals surface area contributed by atoms with E-state index >= 15 is 0 Å². The number of nitrogens with zero attached hydrogens (tertiary/aromatic N) is 5. The summed E-state index contributed by atoms with van der Waals surface area (Å²) in [5, 5.41) is 21.0. The fourth-order valence-corrected chi connectivity index (χ4v) is 3.66. The van der Waals surface area contributed by atoms with E-state index in [0.29, 0.717) is 32.9 Å². The third-order valence-corrected chi connectivity index (χ3v) is 4.99. The average molecular weight is 387 g/mol. The van der Waals surface area contributed by atoms with Gasteiger partial charge in [0.15, 0.2) is 5.82 Å². The van der Waals surface area contributed by atoms with E-state index < -0.39 is 5.97 Å². The van der Waals surface area contributed by atoms with Gasteiger partial charge in [0.1, 0.15) is 11.4 Å². The first-order valence-electron chi connectivity index (χ1n) is 8.17. The van der Waals surface area contributed by atoms with Gasteiger partial charge in [-0.2, -0.15) is 5.10 Å². The molecule has 0 unspecified atom stereocenters. The summed E-state index contributed by atoms with van der Waals surface area (Å²) in [6.45, 7) is 2.67. The molecule has 0 aliphatic rings. The summed E-state index contributed by atoms with van der Waals surface area (Å²) in [7, 11) is 0. The minimum absolute atomic E-state index is 0.0278. The van der Waals surface area contributed by atoms with Crippen molar-refractivity contribution in [2.24, 2.45) is 0 Å². The molecule has 0 saturated heterocycles. The highest BCUT2D eigenvalue weighted by Gasteiger charge is 2.17. The van der Waals surface area contributed by atoms with Gasteiger partial charge >= 0.3 is 5.97 Å². The third kappa shape index (κ3) is 3.43. The molecule has 10 heteroatoms. The number of aliphatic carboxylic acids is 1. The highest BCUT2D eigenvalue weighted by Crippen LogP contribution is 2.32. The van der Waals surface area contributed by atoms with Crippen LogP contribution < -0.4 is 0 Å². The molecule has 27 heavy (non-hydrogen) atoms. The molecule has 1 N–H and O–H groups in total. The molecular formula is C17H14FN5O3S. The van der Waals surface area contributed by atoms with Crippen LogP contribution in [0.5, 0.6) is 0 Å². The monoisotopic (exact) mass is 387 g/mol. The standard InChI is InChI=1S/C17H14FN5O3S/c1-2-23-8-9(7-19-23)10-3-4-11-17(16(10)18)27-14(20-11)5-12-21-22-13(26-12)6-15(24)25/h3-4,7-8H,2,5-6H2,1H3,(H,24,25). The lowest BCUT2D eigenvalue weighted by Crippen LogP contribution is -1.99. The number of carbonyl (C=O) groups is 1. The molecule has 0 fully saturated rings. The molecule has 0 bridgehead atoms. The SMILES string of the molecule is CCn1cc(-c2ccc3nc(Cc4nnc(CC(=O)O)o4)sc3c2F)cn1. The first-order chi connectivity index (χ1) is 13.0. The van der Waals surface area contributed by atoms with E-state index in [1.54, 1.807) is 29.2 Å². The minimum atomic E-state index is -1.05. The summed E-state index contributed by atoms with van der Waals surface area (Å²) in [6.07, 6.45) is 3.32. The van der Waals surface area contributed by atoms with E-state index in [1.165, 1.54) is 11.3 Å². The molecule has 0 spiro atoms. The zero-order chi connectivity index (χ0) is 19.0. The van der Waals surface area contributed by atoms with E-state index in [-0.39, 0.29) is 30.4 Å². The number of aromatic nitrogens is 5. The topological polar surface area (TPSA) is 107 Å². The van der Waals surface area contributed by atoms with Crippen molar-refractivity contribution in [2.75, 3.05) is 0 Å². The Bertz CT molecular complexity index is 1130. The molecular weight excluding hydrogens is 373 g/mol. The van der Waals surface area contributed by atoms with Crippen LogP contribution >= 0.6 is 11.3 Å². The number of hydrogen-bond donors (Lipinski definition) is 1. The maximum absolute atomic E-state index is 15.0. The number of carboxylic acid groups (broad SMARTS) is 1. The van der Waals surface area contributed by atoms with Crippen molar-refractivity contribution in [3.05, 3.63) is 47.1 Å². The van der Waals surface area contributed by atoms with Crippen molar-refractivity contribution < 1.29 is 18.7 Å². The predicted octanol–water partition coefficient (Wildman–Crippen LogP) is 2.92. The summed E-state index contributed by atoms with van der Waals surface area (Å²) < 4.78 is 22.5. The van der Waals surface area contributed by atoms with Crippen LogP contribution in [0.1, 0.15) is 23.7 Å². The van der Waals surface area contributed by atoms with Crippen molar-refractivity contribution in [3.63, 3.8) is 0 Å². The lowest BCUT2D eigenvalue weighted by molar-refractivity contribution is -0.136. The number of thiazole rings is 1. The zero-order valence-corrected chi connectivity index (χ0v) is 15.0. The van der Waals surface area contributed by atoms with Crippen molar-refractivity contribution in [1.82, 2.24) is 25.0 Å². The predicted molar refractivity (Wildman–Crippen MR) is 94.9 cm³/mol. The summed E-state index contributed by atoms with van der Waals surface area (Å²) in [5.41, 5.74) is 1.73. The lowest BCUT2D eigenvalue weighted by Gasteiger charge is -2.00. The van der Waals surface area contributed by atoms with E-state index in [9.17, 15) is 9.18 Å². The number of halogens is 1. The van der Waals surface area contributed by atoms with Gasteiger partial charge in [0.2, 0.25) is 11.8 Å². The second kappa shape index (κ2) is 6.88. The summed E-state index contributed by atoms with van der Waals surface area (Å²) in [4.78, 5) is 15.1. The Morgan fingerprint density at radius 1 is 1.33 bits per heavy atom. The van der Waals surface area contributed by atoms with Gasteiger partial charge in [0.05, 0.1) is 22.8 Å². The van der Waals surface area contributed by atoms with E-state index in [1.807, 2.05) is 6.92 Å². The summed E-state index contributed by atoms with van der Waals surface area (Å²) in [5.74, 6) is -1.12. The summed E-state index contributed by atoms with van der Waals surface area (Å²) >= 11 is 1.21. The van der Waals surface area contributed by atoms with Crippen LogP contribution in [-0.2, 0) is 24.2 Å². The Labute approximate surface area is 156 Å². The largest absolute Gasteiger partial charge is 0.481 e. The molecule has 0 aliphatic carbocycles. The van der Waals surface area contributed by atoms with Crippen LogP contribution in [0.15, 0.2) is 28.9 Å². The fourth-order valence-electron chi connectivity index (χ4n) is 2.67. The van der Waals surface area contributed by atoms with Gasteiger partial charge in [-0.3, -0.25) is 9.48 Å². The van der Waals surface area contributed by atoms with Gasteiger partial charge < -0.3 is 9.52 Å². The normalized spacial score (nSPS) is 11.3. The van der Waals surface area contributed by atoms with Crippen LogP contribution in [-0.4, -0.2) is 36.0 Å². The number of benzene rings is 1. The van der Waals surface area contributed by atoms with Crippen LogP contribution in [0.25, 0.3) is 21.3 Å². The van der Waals surface area contributed by atoms with Crippen molar-refractivity contribution in [3.8, 4) is 11.1 Å². The lowest BCUT2D eigenvalue weighted by atomic mass is 10.1. The van der Waals surface area contributed by atoms with Crippen molar-refractivity contribution >= 4 is 27.5 Å². The third-order valence-electron chi connectivity index (χ3n) is 3.92. The number of aryl methyl sites for hydroxylation is 1. The zero-order valence-electron chi connectivity index (χ0n) is 14.2. The van der Waals surface area contributed by atoms with Crippen LogP contribution in [0, 0.1) is 5.82 Å². The number of carboxylic acids is 1. The Kier molecular flexibility index (Phi) is 4.40. The average Bonchev–Trinajstić information content (AvgIpc) is 3.35. The Balaban J connectivity index is 1.63. The van der Waals surface area contributed by atoms with Crippen molar-refractivity contribution in [1.29, 1.82) is 0 Å². The van der Waals surface area contributed by atoms with E-state index in [2.05, 4.69) is 20.3 Å². The molecule has 138 valence electrons. The van der Waals surface area contributed by atoms with Gasteiger partial charge in [0.25, 0.3) is 0 Å². The van der Waals surface area contributed by atoms with Gasteiger partial charge in [-0.05, 0) is 19.1 Å². The molecule has 4 rings (SSSR count). The van der Waals surface area contributed by atoms with Gasteiger partial charge in [-0.15, -0.1) is 21.5 Å². The molecule has 4 aromatic rings. The van der Waals surface area contributed by atoms with Crippen LogP contribution in [0.3, 0.4) is 0 Å². The molecule has 1 aromatic carbocycles. The molecule has 3 heterocycles. The molecule has 0 saturated carbocycles. The second-order valence-electron chi connectivity index (χ2n) is 5.80. The molecule has 0 amide bonds. The number of rotatable bonds is 6. The van der Waals surface area contributed by atoms with Crippen LogP contribution in [0.2, 0.25) is 0 Å². The van der Waals surface area contributed by atoms with E-state index in [0.717, 1.165) is 0 Å². The molecule has 0 aliphatic heterocycles. The number of fused-ring (bicyclic) bond motifs is 1. The Morgan fingerprint density at radius 3 is 2.89 bits per heavy atom. The van der Waals surface area contributed by atoms with Gasteiger partial charge in [-0.25, -0.2) is 9.37 Å². The molecule has 3 aromatic heterocycles. The summed E-state index contributed by atoms with van der Waals surface area (Å²) in [6, 6.07) is 3.45. The molecule has 0 atom stereocenters. The Morgan fingerprint density at radius 2 is 2.15 bits per heavy atom. The quantitative estimate of drug-likeness (QED) is 0.542. The highest BCUT2D eigenvalue weighted by molar-refractivity contribution is 7.18. The van der Waals surface area contributed by atoms with Crippen molar-refractivity contribution in [2.45, 2.75) is 26.3 Å². The fraction of sp³-hybridized carbons (Fsp3) is 0.235. The van der Waals surface area contributed by atoms with E-state index in [4.69, 9.17) is 9.52 Å². The smallest absolute Gasteiger partial charge is 0.312 e. The Hall–Kier alpha value is -3.14.